The van der Waals surface area contributed by atoms with Crippen molar-refractivity contribution in [1.29, 1.82) is 5.26 Å². The highest BCUT2D eigenvalue weighted by Crippen LogP contribution is 2.28. The zero-order chi connectivity index (χ0) is 13.1. The Balaban J connectivity index is 2.44. The van der Waals surface area contributed by atoms with Crippen molar-refractivity contribution in [3.63, 3.8) is 0 Å². The smallest absolute Gasteiger partial charge is 0.146 e. The maximum Gasteiger partial charge on any atom is 0.146 e. The predicted octanol–water partition coefficient (Wildman–Crippen LogP) is 4.86. The van der Waals surface area contributed by atoms with Gasteiger partial charge in [-0.3, -0.25) is 0 Å². The van der Waals surface area contributed by atoms with Crippen LogP contribution in [0.15, 0.2) is 40.9 Å². The molecule has 90 valence electrons. The highest BCUT2D eigenvalue weighted by Gasteiger charge is 2.09. The minimum atomic E-state index is -0.401. The summed E-state index contributed by atoms with van der Waals surface area (Å²) in [7, 11) is 0. The van der Waals surface area contributed by atoms with Crippen molar-refractivity contribution >= 4 is 38.9 Å². The molecular weight excluding hydrogens is 319 g/mol. The van der Waals surface area contributed by atoms with Gasteiger partial charge in [0.25, 0.3) is 0 Å². The Bertz CT molecular complexity index is 637. The van der Waals surface area contributed by atoms with Gasteiger partial charge in [0.2, 0.25) is 0 Å². The summed E-state index contributed by atoms with van der Waals surface area (Å²) in [5.74, 6) is -0.401. The molecule has 0 aromatic heterocycles. The van der Waals surface area contributed by atoms with E-state index in [2.05, 4.69) is 21.2 Å². The molecule has 0 aliphatic heterocycles. The first-order valence-electron chi connectivity index (χ1n) is 5.02. The topological polar surface area (TPSA) is 35.8 Å². The van der Waals surface area contributed by atoms with Gasteiger partial charge in [0.05, 0.1) is 22.0 Å². The fourth-order valence-corrected chi connectivity index (χ4v) is 2.06. The van der Waals surface area contributed by atoms with Gasteiger partial charge in [0, 0.05) is 4.47 Å². The Labute approximate surface area is 117 Å². The van der Waals surface area contributed by atoms with E-state index in [1.807, 2.05) is 6.07 Å². The average molecular weight is 326 g/mol. The van der Waals surface area contributed by atoms with Crippen LogP contribution >= 0.6 is 27.5 Å². The zero-order valence-corrected chi connectivity index (χ0v) is 11.4. The maximum atomic E-state index is 13.6. The third-order valence-electron chi connectivity index (χ3n) is 2.32. The number of benzene rings is 2. The first-order chi connectivity index (χ1) is 8.61. The molecule has 2 aromatic carbocycles. The van der Waals surface area contributed by atoms with Crippen LogP contribution in [0.4, 0.5) is 15.8 Å². The molecule has 0 heterocycles. The summed E-state index contributed by atoms with van der Waals surface area (Å²) in [6.45, 7) is 0. The Morgan fingerprint density at radius 3 is 2.72 bits per heavy atom. The van der Waals surface area contributed by atoms with E-state index in [-0.39, 0.29) is 5.69 Å². The SMILES string of the molecule is N#Cc1c(Cl)cccc1Nc1cc(Br)ccc1F. The van der Waals surface area contributed by atoms with Crippen molar-refractivity contribution in [2.75, 3.05) is 5.32 Å². The lowest BCUT2D eigenvalue weighted by molar-refractivity contribution is 0.631. The first-order valence-corrected chi connectivity index (χ1v) is 6.19. The number of anilines is 2. The van der Waals surface area contributed by atoms with E-state index in [0.29, 0.717) is 16.3 Å². The van der Waals surface area contributed by atoms with Crippen LogP contribution in [0.25, 0.3) is 0 Å². The van der Waals surface area contributed by atoms with Gasteiger partial charge in [-0.1, -0.05) is 33.6 Å². The molecule has 0 amide bonds. The molecule has 0 atom stereocenters. The monoisotopic (exact) mass is 324 g/mol. The van der Waals surface area contributed by atoms with E-state index < -0.39 is 5.82 Å². The second-order valence-electron chi connectivity index (χ2n) is 3.52. The standard InChI is InChI=1S/C13H7BrClFN2/c14-8-4-5-11(16)13(6-8)18-12-3-1-2-10(15)9(12)7-17/h1-6,18H. The van der Waals surface area contributed by atoms with Gasteiger partial charge in [-0.25, -0.2) is 4.39 Å². The fraction of sp³-hybridized carbons (Fsp3) is 0. The molecule has 0 spiro atoms. The number of rotatable bonds is 2. The minimum Gasteiger partial charge on any atom is -0.352 e. The number of nitriles is 1. The van der Waals surface area contributed by atoms with Crippen LogP contribution in [-0.2, 0) is 0 Å². The molecule has 1 N–H and O–H groups in total. The van der Waals surface area contributed by atoms with Gasteiger partial charge in [0.1, 0.15) is 11.9 Å². The molecule has 2 rings (SSSR count). The largest absolute Gasteiger partial charge is 0.352 e. The molecule has 0 aliphatic carbocycles. The number of hydrogen-bond donors (Lipinski definition) is 1. The van der Waals surface area contributed by atoms with E-state index in [1.165, 1.54) is 6.07 Å². The van der Waals surface area contributed by atoms with Crippen molar-refractivity contribution < 1.29 is 4.39 Å². The second-order valence-corrected chi connectivity index (χ2v) is 4.85. The minimum absolute atomic E-state index is 0.281. The summed E-state index contributed by atoms with van der Waals surface area (Å²) in [6, 6.07) is 11.5. The number of nitrogens with one attached hydrogen (secondary N) is 1. The molecule has 0 fully saturated rings. The zero-order valence-electron chi connectivity index (χ0n) is 9.05. The second kappa shape index (κ2) is 5.38. The summed E-state index contributed by atoms with van der Waals surface area (Å²) >= 11 is 9.16. The normalized spacial score (nSPS) is 9.89. The molecule has 0 radical (unpaired) electrons. The Hall–Kier alpha value is -1.57. The van der Waals surface area contributed by atoms with Crippen LogP contribution in [-0.4, -0.2) is 0 Å². The summed E-state index contributed by atoms with van der Waals surface area (Å²) in [6.07, 6.45) is 0. The third-order valence-corrected chi connectivity index (χ3v) is 3.13. The Morgan fingerprint density at radius 1 is 1.22 bits per heavy atom. The summed E-state index contributed by atoms with van der Waals surface area (Å²) in [5.41, 5.74) is 1.05. The van der Waals surface area contributed by atoms with Crippen LogP contribution in [0.2, 0.25) is 5.02 Å². The fourth-order valence-electron chi connectivity index (χ4n) is 1.48. The lowest BCUT2D eigenvalue weighted by Crippen LogP contribution is -1.96. The molecule has 2 nitrogen and oxygen atoms in total. The summed E-state index contributed by atoms with van der Waals surface area (Å²) < 4.78 is 14.3. The van der Waals surface area contributed by atoms with Gasteiger partial charge in [-0.15, -0.1) is 0 Å². The quantitative estimate of drug-likeness (QED) is 0.856. The molecule has 0 bridgehead atoms. The van der Waals surface area contributed by atoms with Gasteiger partial charge in [-0.2, -0.15) is 5.26 Å². The van der Waals surface area contributed by atoms with Crippen LogP contribution in [0.5, 0.6) is 0 Å². The molecule has 5 heteroatoms. The van der Waals surface area contributed by atoms with Gasteiger partial charge in [-0.05, 0) is 30.3 Å². The number of halogens is 3. The molecule has 0 aliphatic rings. The lowest BCUT2D eigenvalue weighted by Gasteiger charge is -2.10. The summed E-state index contributed by atoms with van der Waals surface area (Å²) in [4.78, 5) is 0. The molecular formula is C13H7BrClFN2. The van der Waals surface area contributed by atoms with Gasteiger partial charge >= 0.3 is 0 Å². The van der Waals surface area contributed by atoms with Crippen molar-refractivity contribution in [3.8, 4) is 6.07 Å². The molecule has 0 saturated heterocycles. The third kappa shape index (κ3) is 2.63. The highest BCUT2D eigenvalue weighted by molar-refractivity contribution is 9.10. The van der Waals surface area contributed by atoms with E-state index in [9.17, 15) is 4.39 Å². The number of nitrogens with zero attached hydrogens (tertiary/aromatic N) is 1. The van der Waals surface area contributed by atoms with Crippen molar-refractivity contribution in [3.05, 3.63) is 57.3 Å². The predicted molar refractivity (Wildman–Crippen MR) is 73.5 cm³/mol. The van der Waals surface area contributed by atoms with E-state index in [0.717, 1.165) is 4.47 Å². The first kappa shape index (κ1) is 12.9. The molecule has 18 heavy (non-hydrogen) atoms. The van der Waals surface area contributed by atoms with Crippen LogP contribution in [0.3, 0.4) is 0 Å². The van der Waals surface area contributed by atoms with Crippen LogP contribution < -0.4 is 5.32 Å². The van der Waals surface area contributed by atoms with E-state index in [1.54, 1.807) is 30.3 Å². The van der Waals surface area contributed by atoms with Crippen molar-refractivity contribution in [2.24, 2.45) is 0 Å². The average Bonchev–Trinajstić information content (AvgIpc) is 2.34. The van der Waals surface area contributed by atoms with Gasteiger partial charge in [0.15, 0.2) is 0 Å². The van der Waals surface area contributed by atoms with E-state index in [4.69, 9.17) is 16.9 Å². The Kier molecular flexibility index (Phi) is 3.85. The van der Waals surface area contributed by atoms with E-state index >= 15 is 0 Å². The maximum absolute atomic E-state index is 13.6. The molecule has 0 saturated carbocycles. The lowest BCUT2D eigenvalue weighted by atomic mass is 10.2. The molecule has 0 unspecified atom stereocenters. The Morgan fingerprint density at radius 2 is 2.00 bits per heavy atom. The van der Waals surface area contributed by atoms with Crippen LogP contribution in [0.1, 0.15) is 5.56 Å². The molecule has 2 aromatic rings. The number of hydrogen-bond acceptors (Lipinski definition) is 2. The highest BCUT2D eigenvalue weighted by atomic mass is 79.9. The van der Waals surface area contributed by atoms with Crippen LogP contribution in [0, 0.1) is 17.1 Å². The van der Waals surface area contributed by atoms with Gasteiger partial charge < -0.3 is 5.32 Å². The van der Waals surface area contributed by atoms with Crippen molar-refractivity contribution in [1.82, 2.24) is 0 Å². The summed E-state index contributed by atoms with van der Waals surface area (Å²) in [5, 5.41) is 12.2. The van der Waals surface area contributed by atoms with Crippen molar-refractivity contribution in [2.45, 2.75) is 0 Å².